The Hall–Kier alpha value is -4.21. The zero-order valence-corrected chi connectivity index (χ0v) is 22.1. The van der Waals surface area contributed by atoms with Gasteiger partial charge in [-0.25, -0.2) is 22.9 Å². The highest BCUT2D eigenvalue weighted by molar-refractivity contribution is 7.89. The summed E-state index contributed by atoms with van der Waals surface area (Å²) in [5, 5.41) is 11.5. The van der Waals surface area contributed by atoms with Crippen molar-refractivity contribution in [3.8, 4) is 17.2 Å². The second-order valence-electron chi connectivity index (χ2n) is 9.05. The quantitative estimate of drug-likeness (QED) is 0.264. The zero-order chi connectivity index (χ0) is 27.2. The molecule has 5 rings (SSSR count). The number of furan rings is 1. The fourth-order valence-corrected chi connectivity index (χ4v) is 5.27. The lowest BCUT2D eigenvalue weighted by molar-refractivity contribution is 0.0698. The fraction of sp³-hybridized carbons (Fsp3) is 0.172. The molecule has 2 aromatic heterocycles. The van der Waals surface area contributed by atoms with Gasteiger partial charge in [0.25, 0.3) is 0 Å². The number of ether oxygens (including phenoxy) is 1. The van der Waals surface area contributed by atoms with Crippen LogP contribution in [0.15, 0.2) is 76.0 Å². The number of sulfonamides is 1. The van der Waals surface area contributed by atoms with Crippen molar-refractivity contribution in [2.45, 2.75) is 31.8 Å². The van der Waals surface area contributed by atoms with Gasteiger partial charge in [-0.15, -0.1) is 0 Å². The highest BCUT2D eigenvalue weighted by Gasteiger charge is 2.23. The molecule has 2 N–H and O–H groups in total. The summed E-state index contributed by atoms with van der Waals surface area (Å²) in [6.45, 7) is 5.60. The molecule has 0 aliphatic carbocycles. The summed E-state index contributed by atoms with van der Waals surface area (Å²) in [6, 6.07) is 19.1. The number of carboxylic acids is 1. The van der Waals surface area contributed by atoms with E-state index < -0.39 is 22.1 Å². The number of aryl methyl sites for hydroxylation is 2. The molecule has 38 heavy (non-hydrogen) atoms. The van der Waals surface area contributed by atoms with E-state index in [-0.39, 0.29) is 10.5 Å². The lowest BCUT2D eigenvalue weighted by Crippen LogP contribution is -2.18. The molecule has 0 spiro atoms. The molecule has 0 bridgehead atoms. The van der Waals surface area contributed by atoms with Crippen molar-refractivity contribution in [2.24, 2.45) is 0 Å². The Bertz CT molecular complexity index is 1810. The van der Waals surface area contributed by atoms with Crippen molar-refractivity contribution in [2.75, 3.05) is 7.05 Å². The topological polar surface area (TPSA) is 119 Å². The second-order valence-corrected chi connectivity index (χ2v) is 10.9. The van der Waals surface area contributed by atoms with Gasteiger partial charge in [-0.1, -0.05) is 36.4 Å². The molecule has 0 aliphatic rings. The molecule has 5 aromatic rings. The van der Waals surface area contributed by atoms with Gasteiger partial charge in [0.05, 0.1) is 21.4 Å². The van der Waals surface area contributed by atoms with Crippen LogP contribution in [0.4, 0.5) is 0 Å². The molecular formula is C29H26N2O6S. The minimum atomic E-state index is -3.56. The van der Waals surface area contributed by atoms with E-state index in [1.165, 1.54) is 25.2 Å². The van der Waals surface area contributed by atoms with Gasteiger partial charge in [-0.3, -0.25) is 0 Å². The number of pyridine rings is 1. The van der Waals surface area contributed by atoms with Gasteiger partial charge < -0.3 is 14.3 Å². The summed E-state index contributed by atoms with van der Waals surface area (Å²) in [5.41, 5.74) is 4.08. The van der Waals surface area contributed by atoms with Crippen LogP contribution in [0.5, 0.6) is 5.75 Å². The Balaban J connectivity index is 1.60. The predicted molar refractivity (Wildman–Crippen MR) is 145 cm³/mol. The maximum absolute atomic E-state index is 12.5. The summed E-state index contributed by atoms with van der Waals surface area (Å²) >= 11 is 0. The number of carboxylic acid groups (broad SMARTS) is 1. The highest BCUT2D eigenvalue weighted by Crippen LogP contribution is 2.38. The minimum Gasteiger partial charge on any atom is -0.485 e. The fourth-order valence-electron chi connectivity index (χ4n) is 4.54. The van der Waals surface area contributed by atoms with E-state index in [4.69, 9.17) is 14.1 Å². The molecule has 0 saturated carbocycles. The second kappa shape index (κ2) is 9.59. The van der Waals surface area contributed by atoms with Crippen LogP contribution < -0.4 is 9.46 Å². The molecule has 3 aromatic carbocycles. The van der Waals surface area contributed by atoms with Crippen LogP contribution in [0.1, 0.15) is 40.1 Å². The van der Waals surface area contributed by atoms with Crippen LogP contribution in [0.3, 0.4) is 0 Å². The van der Waals surface area contributed by atoms with E-state index in [1.807, 2.05) is 51.1 Å². The van der Waals surface area contributed by atoms with E-state index in [2.05, 4.69) is 4.72 Å². The molecule has 0 amide bonds. The van der Waals surface area contributed by atoms with E-state index in [9.17, 15) is 18.3 Å². The Morgan fingerprint density at radius 3 is 2.42 bits per heavy atom. The van der Waals surface area contributed by atoms with Gasteiger partial charge in [0.2, 0.25) is 10.0 Å². The minimum absolute atomic E-state index is 0.0474. The van der Waals surface area contributed by atoms with Gasteiger partial charge in [-0.2, -0.15) is 0 Å². The van der Waals surface area contributed by atoms with Crippen LogP contribution >= 0.6 is 0 Å². The molecule has 2 heterocycles. The molecule has 0 fully saturated rings. The largest absolute Gasteiger partial charge is 0.485 e. The summed E-state index contributed by atoms with van der Waals surface area (Å²) in [5.74, 6) is -0.230. The number of aromatic nitrogens is 1. The maximum Gasteiger partial charge on any atom is 0.336 e. The van der Waals surface area contributed by atoms with Gasteiger partial charge in [-0.05, 0) is 69.3 Å². The number of aromatic carboxylic acids is 1. The van der Waals surface area contributed by atoms with Crippen molar-refractivity contribution in [1.82, 2.24) is 9.71 Å². The van der Waals surface area contributed by atoms with Crippen molar-refractivity contribution in [3.05, 3.63) is 89.0 Å². The predicted octanol–water partition coefficient (Wildman–Crippen LogP) is 6.01. The third-order valence-corrected chi connectivity index (χ3v) is 8.09. The number of rotatable bonds is 7. The number of hydrogen-bond acceptors (Lipinski definition) is 6. The third-order valence-electron chi connectivity index (χ3n) is 6.66. The van der Waals surface area contributed by atoms with Crippen LogP contribution in [0.2, 0.25) is 0 Å². The monoisotopic (exact) mass is 530 g/mol. The van der Waals surface area contributed by atoms with E-state index in [0.717, 1.165) is 22.1 Å². The van der Waals surface area contributed by atoms with Crippen LogP contribution in [-0.2, 0) is 10.0 Å². The Morgan fingerprint density at radius 2 is 1.76 bits per heavy atom. The molecule has 0 radical (unpaired) electrons. The zero-order valence-electron chi connectivity index (χ0n) is 21.3. The maximum atomic E-state index is 12.5. The Labute approximate surface area is 219 Å². The number of fused-ring (bicyclic) bond motifs is 2. The lowest BCUT2D eigenvalue weighted by atomic mass is 10.0. The number of benzene rings is 3. The van der Waals surface area contributed by atoms with Crippen molar-refractivity contribution in [1.29, 1.82) is 0 Å². The van der Waals surface area contributed by atoms with E-state index >= 15 is 0 Å². The van der Waals surface area contributed by atoms with Gasteiger partial charge in [0.15, 0.2) is 5.76 Å². The summed E-state index contributed by atoms with van der Waals surface area (Å²) in [4.78, 5) is 17.4. The first-order chi connectivity index (χ1) is 18.1. The first-order valence-electron chi connectivity index (χ1n) is 12.0. The molecule has 0 aliphatic heterocycles. The molecular weight excluding hydrogens is 504 g/mol. The molecule has 0 unspecified atom stereocenters. The van der Waals surface area contributed by atoms with E-state index in [1.54, 1.807) is 18.2 Å². The average Bonchev–Trinajstić information content (AvgIpc) is 3.26. The molecule has 1 atom stereocenters. The standard InChI is InChI=1S/C29H26N2O6S/c1-16-9-14-25(36-18(3)19-10-12-20(13-11-19)38(34,35)30-4)26-22(29(32)33)15-23(31-27(16)26)28-17(2)21-7-5-6-8-24(21)37-28/h5-15,18,30H,1-4H3,(H,32,33)/t18-/m0/s1. The summed E-state index contributed by atoms with van der Waals surface area (Å²) < 4.78 is 38.7. The Kier molecular flexibility index (Phi) is 6.42. The van der Waals surface area contributed by atoms with Gasteiger partial charge >= 0.3 is 5.97 Å². The lowest BCUT2D eigenvalue weighted by Gasteiger charge is -2.19. The molecule has 8 nitrogen and oxygen atoms in total. The Morgan fingerprint density at radius 1 is 1.05 bits per heavy atom. The van der Waals surface area contributed by atoms with Crippen LogP contribution in [-0.4, -0.2) is 31.5 Å². The van der Waals surface area contributed by atoms with Crippen LogP contribution in [0.25, 0.3) is 33.3 Å². The smallest absolute Gasteiger partial charge is 0.336 e. The number of hydrogen-bond donors (Lipinski definition) is 2. The normalized spacial score (nSPS) is 12.6. The van der Waals surface area contributed by atoms with Crippen molar-refractivity contribution >= 4 is 37.9 Å². The third kappa shape index (κ3) is 4.40. The summed E-state index contributed by atoms with van der Waals surface area (Å²) in [6.07, 6.45) is -0.494. The molecule has 0 saturated heterocycles. The highest BCUT2D eigenvalue weighted by atomic mass is 32.2. The molecule has 194 valence electrons. The number of nitrogens with zero attached hydrogens (tertiary/aromatic N) is 1. The van der Waals surface area contributed by atoms with E-state index in [0.29, 0.717) is 33.7 Å². The SMILES string of the molecule is CNS(=O)(=O)c1ccc([C@H](C)Oc2ccc(C)c3nc(-c4oc5ccccc5c4C)cc(C(=O)O)c23)cc1. The molecule has 9 heteroatoms. The van der Waals surface area contributed by atoms with Gasteiger partial charge in [0.1, 0.15) is 23.1 Å². The first-order valence-corrected chi connectivity index (χ1v) is 13.5. The van der Waals surface area contributed by atoms with Crippen molar-refractivity contribution < 1.29 is 27.5 Å². The average molecular weight is 531 g/mol. The number of para-hydroxylation sites is 1. The van der Waals surface area contributed by atoms with Crippen LogP contribution in [0, 0.1) is 13.8 Å². The summed E-state index contributed by atoms with van der Waals surface area (Å²) in [7, 11) is -2.21. The first kappa shape index (κ1) is 25.4. The number of carbonyl (C=O) groups is 1. The van der Waals surface area contributed by atoms with Crippen molar-refractivity contribution in [3.63, 3.8) is 0 Å². The number of nitrogens with one attached hydrogen (secondary N) is 1. The van der Waals surface area contributed by atoms with Gasteiger partial charge in [0, 0.05) is 10.9 Å².